The van der Waals surface area contributed by atoms with E-state index in [9.17, 15) is 4.39 Å². The van der Waals surface area contributed by atoms with E-state index >= 15 is 0 Å². The SMILES string of the molecule is Cc1cc(CN2CC(C)CNCC(C)C2)cc(C)c1F. The van der Waals surface area contributed by atoms with E-state index < -0.39 is 0 Å². The Labute approximate surface area is 122 Å². The van der Waals surface area contributed by atoms with E-state index in [1.807, 2.05) is 26.0 Å². The Morgan fingerprint density at radius 1 is 1.10 bits per heavy atom. The van der Waals surface area contributed by atoms with E-state index in [0.29, 0.717) is 11.8 Å². The van der Waals surface area contributed by atoms with Gasteiger partial charge in [-0.15, -0.1) is 0 Å². The van der Waals surface area contributed by atoms with Crippen molar-refractivity contribution in [2.75, 3.05) is 26.2 Å². The molecule has 0 aromatic heterocycles. The van der Waals surface area contributed by atoms with Crippen LogP contribution < -0.4 is 5.32 Å². The molecule has 0 radical (unpaired) electrons. The van der Waals surface area contributed by atoms with Gasteiger partial charge in [-0.2, -0.15) is 0 Å². The quantitative estimate of drug-likeness (QED) is 0.894. The van der Waals surface area contributed by atoms with Crippen LogP contribution in [0.3, 0.4) is 0 Å². The second-order valence-electron chi connectivity index (χ2n) is 6.61. The fourth-order valence-electron chi connectivity index (χ4n) is 3.18. The van der Waals surface area contributed by atoms with Crippen LogP contribution in [0.5, 0.6) is 0 Å². The topological polar surface area (TPSA) is 15.3 Å². The molecule has 1 fully saturated rings. The number of hydrogen-bond acceptors (Lipinski definition) is 2. The van der Waals surface area contributed by atoms with Gasteiger partial charge in [-0.25, -0.2) is 4.39 Å². The van der Waals surface area contributed by atoms with Crippen LogP contribution in [-0.4, -0.2) is 31.1 Å². The molecular formula is C17H27FN2. The molecule has 2 atom stereocenters. The second-order valence-corrected chi connectivity index (χ2v) is 6.61. The molecule has 3 heteroatoms. The molecule has 112 valence electrons. The summed E-state index contributed by atoms with van der Waals surface area (Å²) in [5, 5.41) is 3.52. The summed E-state index contributed by atoms with van der Waals surface area (Å²) >= 11 is 0. The molecule has 0 saturated carbocycles. The van der Waals surface area contributed by atoms with Gasteiger partial charge in [0.05, 0.1) is 0 Å². The molecular weight excluding hydrogens is 251 g/mol. The van der Waals surface area contributed by atoms with Gasteiger partial charge in [0.25, 0.3) is 0 Å². The summed E-state index contributed by atoms with van der Waals surface area (Å²) in [7, 11) is 0. The van der Waals surface area contributed by atoms with Gasteiger partial charge in [-0.1, -0.05) is 26.0 Å². The lowest BCUT2D eigenvalue weighted by Crippen LogP contribution is -2.42. The standard InChI is InChI=1S/C17H27FN2/c1-12-7-19-8-13(2)10-20(9-12)11-16-5-14(3)17(18)15(4)6-16/h5-6,12-13,19H,7-11H2,1-4H3. The first-order chi connectivity index (χ1) is 9.45. The fourth-order valence-corrected chi connectivity index (χ4v) is 3.18. The zero-order valence-corrected chi connectivity index (χ0v) is 13.2. The molecule has 2 unspecified atom stereocenters. The second kappa shape index (κ2) is 6.68. The lowest BCUT2D eigenvalue weighted by Gasteiger charge is -2.32. The molecule has 1 saturated heterocycles. The number of hydrogen-bond donors (Lipinski definition) is 1. The zero-order chi connectivity index (χ0) is 14.7. The minimum Gasteiger partial charge on any atom is -0.316 e. The van der Waals surface area contributed by atoms with Crippen molar-refractivity contribution < 1.29 is 4.39 Å². The third kappa shape index (κ3) is 4.03. The van der Waals surface area contributed by atoms with E-state index in [4.69, 9.17) is 0 Å². The summed E-state index contributed by atoms with van der Waals surface area (Å²) in [6, 6.07) is 3.99. The number of nitrogens with zero attached hydrogens (tertiary/aromatic N) is 1. The predicted octanol–water partition coefficient (Wildman–Crippen LogP) is 3.12. The highest BCUT2D eigenvalue weighted by Crippen LogP contribution is 2.18. The van der Waals surface area contributed by atoms with Crippen molar-refractivity contribution >= 4 is 0 Å². The van der Waals surface area contributed by atoms with Gasteiger partial charge in [0.2, 0.25) is 0 Å². The number of rotatable bonds is 2. The zero-order valence-electron chi connectivity index (χ0n) is 13.2. The first-order valence-electron chi connectivity index (χ1n) is 7.64. The van der Waals surface area contributed by atoms with Crippen molar-refractivity contribution in [2.45, 2.75) is 34.2 Å². The predicted molar refractivity (Wildman–Crippen MR) is 82.3 cm³/mol. The first-order valence-corrected chi connectivity index (χ1v) is 7.64. The third-order valence-corrected chi connectivity index (χ3v) is 4.03. The monoisotopic (exact) mass is 278 g/mol. The molecule has 2 rings (SSSR count). The van der Waals surface area contributed by atoms with Crippen molar-refractivity contribution in [1.82, 2.24) is 10.2 Å². The number of nitrogens with one attached hydrogen (secondary N) is 1. The van der Waals surface area contributed by atoms with Crippen molar-refractivity contribution in [1.29, 1.82) is 0 Å². The van der Waals surface area contributed by atoms with Gasteiger partial charge >= 0.3 is 0 Å². The molecule has 1 N–H and O–H groups in total. The average Bonchev–Trinajstić information content (AvgIpc) is 2.33. The van der Waals surface area contributed by atoms with Gasteiger partial charge in [0.1, 0.15) is 5.82 Å². The van der Waals surface area contributed by atoms with Gasteiger partial charge in [-0.05, 0) is 55.5 Å². The Bertz CT molecular complexity index is 423. The maximum Gasteiger partial charge on any atom is 0.129 e. The Kier molecular flexibility index (Phi) is 5.17. The molecule has 0 aliphatic carbocycles. The van der Waals surface area contributed by atoms with Crippen LogP contribution >= 0.6 is 0 Å². The number of benzene rings is 1. The summed E-state index contributed by atoms with van der Waals surface area (Å²) in [6.45, 7) is 13.6. The van der Waals surface area contributed by atoms with Crippen LogP contribution in [0.15, 0.2) is 12.1 Å². The van der Waals surface area contributed by atoms with Gasteiger partial charge < -0.3 is 5.32 Å². The Morgan fingerprint density at radius 2 is 1.60 bits per heavy atom. The van der Waals surface area contributed by atoms with Gasteiger partial charge in [0.15, 0.2) is 0 Å². The highest BCUT2D eigenvalue weighted by Gasteiger charge is 2.18. The van der Waals surface area contributed by atoms with Gasteiger partial charge in [0, 0.05) is 19.6 Å². The normalized spacial score (nSPS) is 25.2. The highest BCUT2D eigenvalue weighted by molar-refractivity contribution is 5.30. The number of halogens is 1. The smallest absolute Gasteiger partial charge is 0.129 e. The van der Waals surface area contributed by atoms with E-state index in [1.165, 1.54) is 5.56 Å². The molecule has 1 aliphatic rings. The summed E-state index contributed by atoms with van der Waals surface area (Å²) in [5.41, 5.74) is 2.75. The Morgan fingerprint density at radius 3 is 2.10 bits per heavy atom. The highest BCUT2D eigenvalue weighted by atomic mass is 19.1. The first kappa shape index (κ1) is 15.5. The Balaban J connectivity index is 2.10. The lowest BCUT2D eigenvalue weighted by atomic mass is 10.0. The third-order valence-electron chi connectivity index (χ3n) is 4.03. The minimum atomic E-state index is -0.0626. The van der Waals surface area contributed by atoms with Crippen LogP contribution in [0, 0.1) is 31.5 Å². The molecule has 2 nitrogen and oxygen atoms in total. The van der Waals surface area contributed by atoms with Crippen molar-refractivity contribution in [3.05, 3.63) is 34.6 Å². The van der Waals surface area contributed by atoms with E-state index in [0.717, 1.165) is 43.9 Å². The minimum absolute atomic E-state index is 0.0626. The fraction of sp³-hybridized carbons (Fsp3) is 0.647. The van der Waals surface area contributed by atoms with Crippen molar-refractivity contribution in [2.24, 2.45) is 11.8 Å². The lowest BCUT2D eigenvalue weighted by molar-refractivity contribution is 0.178. The van der Waals surface area contributed by atoms with Crippen molar-refractivity contribution in [3.8, 4) is 0 Å². The van der Waals surface area contributed by atoms with Crippen molar-refractivity contribution in [3.63, 3.8) is 0 Å². The van der Waals surface area contributed by atoms with Crippen LogP contribution in [-0.2, 0) is 6.54 Å². The summed E-state index contributed by atoms with van der Waals surface area (Å²) < 4.78 is 13.7. The van der Waals surface area contributed by atoms with E-state index in [2.05, 4.69) is 24.1 Å². The molecule has 20 heavy (non-hydrogen) atoms. The maximum absolute atomic E-state index is 13.7. The molecule has 1 aromatic carbocycles. The molecule has 0 spiro atoms. The maximum atomic E-state index is 13.7. The Hall–Kier alpha value is -0.930. The summed E-state index contributed by atoms with van der Waals surface area (Å²) in [5.74, 6) is 1.25. The molecule has 1 heterocycles. The van der Waals surface area contributed by atoms with Gasteiger partial charge in [-0.3, -0.25) is 4.90 Å². The largest absolute Gasteiger partial charge is 0.316 e. The molecule has 0 amide bonds. The molecule has 0 bridgehead atoms. The molecule has 1 aromatic rings. The van der Waals surface area contributed by atoms with Crippen LogP contribution in [0.4, 0.5) is 4.39 Å². The van der Waals surface area contributed by atoms with Crippen LogP contribution in [0.2, 0.25) is 0 Å². The van der Waals surface area contributed by atoms with E-state index in [1.54, 1.807) is 0 Å². The average molecular weight is 278 g/mol. The van der Waals surface area contributed by atoms with Crippen LogP contribution in [0.1, 0.15) is 30.5 Å². The molecule has 1 aliphatic heterocycles. The summed E-state index contributed by atoms with van der Waals surface area (Å²) in [6.07, 6.45) is 0. The van der Waals surface area contributed by atoms with Crippen LogP contribution in [0.25, 0.3) is 0 Å². The summed E-state index contributed by atoms with van der Waals surface area (Å²) in [4.78, 5) is 2.52. The van der Waals surface area contributed by atoms with E-state index in [-0.39, 0.29) is 5.82 Å². The number of aryl methyl sites for hydroxylation is 2.